The summed E-state index contributed by atoms with van der Waals surface area (Å²) in [5, 5.41) is 0. The second kappa shape index (κ2) is 7.50. The lowest BCUT2D eigenvalue weighted by Gasteiger charge is -2.01. The van der Waals surface area contributed by atoms with Gasteiger partial charge in [-0.15, -0.1) is 0 Å². The molecule has 0 aliphatic carbocycles. The van der Waals surface area contributed by atoms with Gasteiger partial charge in [0.2, 0.25) is 0 Å². The van der Waals surface area contributed by atoms with Gasteiger partial charge in [-0.3, -0.25) is 4.55 Å². The summed E-state index contributed by atoms with van der Waals surface area (Å²) >= 11 is 0. The van der Waals surface area contributed by atoms with Crippen molar-refractivity contribution in [2.24, 2.45) is 0 Å². The van der Waals surface area contributed by atoms with Crippen LogP contribution in [0.25, 0.3) is 0 Å². The number of aromatic nitrogens is 1. The molecule has 0 amide bonds. The van der Waals surface area contributed by atoms with Gasteiger partial charge >= 0.3 is 0 Å². The third-order valence-corrected chi connectivity index (χ3v) is 3.57. The van der Waals surface area contributed by atoms with E-state index in [1.807, 2.05) is 12.3 Å². The van der Waals surface area contributed by atoms with E-state index in [1.165, 1.54) is 18.5 Å². The van der Waals surface area contributed by atoms with Crippen LogP contribution in [-0.4, -0.2) is 23.7 Å². The van der Waals surface area contributed by atoms with Crippen molar-refractivity contribution in [3.8, 4) is 0 Å². The first kappa shape index (κ1) is 14.3. The van der Waals surface area contributed by atoms with Crippen LogP contribution in [-0.2, 0) is 16.5 Å². The molecule has 0 aromatic carbocycles. The first-order valence-electron chi connectivity index (χ1n) is 6.15. The number of H-pyrrole nitrogens is 1. The van der Waals surface area contributed by atoms with Crippen LogP contribution in [0.5, 0.6) is 0 Å². The molecule has 17 heavy (non-hydrogen) atoms. The summed E-state index contributed by atoms with van der Waals surface area (Å²) in [4.78, 5) is 3.17. The Morgan fingerprint density at radius 1 is 1.06 bits per heavy atom. The second-order valence-corrected chi connectivity index (χ2v) is 5.92. The number of aromatic amines is 1. The monoisotopic (exact) mass is 259 g/mol. The van der Waals surface area contributed by atoms with E-state index in [-0.39, 0.29) is 5.75 Å². The smallest absolute Gasteiger partial charge is 0.264 e. The molecule has 1 aromatic heterocycles. The normalized spacial score (nSPS) is 11.8. The third-order valence-electron chi connectivity index (χ3n) is 2.76. The molecule has 0 spiro atoms. The fourth-order valence-electron chi connectivity index (χ4n) is 1.83. The zero-order valence-electron chi connectivity index (χ0n) is 10.1. The Labute approximate surface area is 103 Å². The topological polar surface area (TPSA) is 70.2 Å². The maximum absolute atomic E-state index is 10.4. The Hall–Kier alpha value is -0.810. The van der Waals surface area contributed by atoms with Gasteiger partial charge in [0, 0.05) is 11.9 Å². The third kappa shape index (κ3) is 7.99. The lowest BCUT2D eigenvalue weighted by Crippen LogP contribution is -2.03. The predicted octanol–water partition coefficient (Wildman–Crippen LogP) is 2.79. The molecule has 0 radical (unpaired) electrons. The SMILES string of the molecule is O=S(=O)(O)CCCCCCCCc1ccc[nH]1. The Morgan fingerprint density at radius 2 is 1.71 bits per heavy atom. The molecule has 4 nitrogen and oxygen atoms in total. The van der Waals surface area contributed by atoms with Crippen LogP contribution in [0.15, 0.2) is 18.3 Å². The fourth-order valence-corrected chi connectivity index (χ4v) is 2.40. The van der Waals surface area contributed by atoms with Crippen molar-refractivity contribution in [2.75, 3.05) is 5.75 Å². The minimum absolute atomic E-state index is 0.102. The molecular formula is C12H21NO3S. The predicted molar refractivity (Wildman–Crippen MR) is 68.6 cm³/mol. The molecule has 0 unspecified atom stereocenters. The van der Waals surface area contributed by atoms with E-state index in [4.69, 9.17) is 4.55 Å². The first-order chi connectivity index (χ1) is 8.08. The maximum atomic E-state index is 10.4. The average molecular weight is 259 g/mol. The molecule has 0 fully saturated rings. The summed E-state index contributed by atoms with van der Waals surface area (Å²) in [6.45, 7) is 0. The average Bonchev–Trinajstić information content (AvgIpc) is 2.73. The molecule has 0 bridgehead atoms. The second-order valence-electron chi connectivity index (χ2n) is 4.35. The van der Waals surface area contributed by atoms with E-state index in [9.17, 15) is 8.42 Å². The van der Waals surface area contributed by atoms with Crippen LogP contribution in [0.2, 0.25) is 0 Å². The summed E-state index contributed by atoms with van der Waals surface area (Å²) in [6, 6.07) is 4.09. The number of aryl methyl sites for hydroxylation is 1. The highest BCUT2D eigenvalue weighted by Gasteiger charge is 2.02. The molecule has 0 saturated heterocycles. The molecule has 0 aliphatic rings. The van der Waals surface area contributed by atoms with E-state index in [2.05, 4.69) is 11.1 Å². The Balaban J connectivity index is 1.88. The highest BCUT2D eigenvalue weighted by atomic mass is 32.2. The Bertz CT molecular complexity index is 384. The summed E-state index contributed by atoms with van der Waals surface area (Å²) in [7, 11) is -3.76. The van der Waals surface area contributed by atoms with Gasteiger partial charge in [-0.2, -0.15) is 8.42 Å². The highest BCUT2D eigenvalue weighted by Crippen LogP contribution is 2.09. The van der Waals surface area contributed by atoms with Gasteiger partial charge in [-0.25, -0.2) is 0 Å². The number of nitrogens with one attached hydrogen (secondary N) is 1. The van der Waals surface area contributed by atoms with Crippen molar-refractivity contribution in [1.82, 2.24) is 4.98 Å². The van der Waals surface area contributed by atoms with Gasteiger partial charge in [0.15, 0.2) is 0 Å². The van der Waals surface area contributed by atoms with E-state index >= 15 is 0 Å². The summed E-state index contributed by atoms with van der Waals surface area (Å²) in [5.74, 6) is -0.102. The van der Waals surface area contributed by atoms with Crippen LogP contribution in [0, 0.1) is 0 Å². The molecule has 1 aromatic rings. The van der Waals surface area contributed by atoms with E-state index in [0.717, 1.165) is 25.7 Å². The highest BCUT2D eigenvalue weighted by molar-refractivity contribution is 7.85. The number of rotatable bonds is 9. The van der Waals surface area contributed by atoms with Gasteiger partial charge in [0.1, 0.15) is 0 Å². The lowest BCUT2D eigenvalue weighted by atomic mass is 10.1. The summed E-state index contributed by atoms with van der Waals surface area (Å²) in [6.07, 6.45) is 8.97. The molecular weight excluding hydrogens is 238 g/mol. The van der Waals surface area contributed by atoms with E-state index < -0.39 is 10.1 Å². The molecule has 98 valence electrons. The van der Waals surface area contributed by atoms with Crippen molar-refractivity contribution in [2.45, 2.75) is 44.9 Å². The minimum Gasteiger partial charge on any atom is -0.365 e. The summed E-state index contributed by atoms with van der Waals surface area (Å²) < 4.78 is 29.4. The number of hydrogen-bond acceptors (Lipinski definition) is 2. The Morgan fingerprint density at radius 3 is 2.29 bits per heavy atom. The maximum Gasteiger partial charge on any atom is 0.264 e. The first-order valence-corrected chi connectivity index (χ1v) is 7.76. The van der Waals surface area contributed by atoms with E-state index in [0.29, 0.717) is 6.42 Å². The molecule has 0 aliphatic heterocycles. The zero-order valence-corrected chi connectivity index (χ0v) is 10.9. The standard InChI is InChI=1S/C12H21NO3S/c14-17(15,16)11-6-4-2-1-3-5-8-12-9-7-10-13-12/h7,9-10,13H,1-6,8,11H2,(H,14,15,16). The van der Waals surface area contributed by atoms with Gasteiger partial charge in [-0.1, -0.05) is 25.7 Å². The van der Waals surface area contributed by atoms with Crippen molar-refractivity contribution < 1.29 is 13.0 Å². The van der Waals surface area contributed by atoms with Gasteiger partial charge < -0.3 is 4.98 Å². The van der Waals surface area contributed by atoms with Crippen molar-refractivity contribution in [1.29, 1.82) is 0 Å². The molecule has 0 atom stereocenters. The van der Waals surface area contributed by atoms with Crippen molar-refractivity contribution >= 4 is 10.1 Å². The van der Waals surface area contributed by atoms with Crippen LogP contribution >= 0.6 is 0 Å². The van der Waals surface area contributed by atoms with Crippen molar-refractivity contribution in [3.05, 3.63) is 24.0 Å². The van der Waals surface area contributed by atoms with E-state index in [1.54, 1.807) is 0 Å². The molecule has 5 heteroatoms. The quantitative estimate of drug-likeness (QED) is 0.529. The summed E-state index contributed by atoms with van der Waals surface area (Å²) in [5.41, 5.74) is 1.27. The van der Waals surface area contributed by atoms with Gasteiger partial charge in [0.05, 0.1) is 5.75 Å². The molecule has 1 heterocycles. The van der Waals surface area contributed by atoms with Crippen LogP contribution in [0.4, 0.5) is 0 Å². The zero-order chi connectivity index (χ0) is 12.6. The van der Waals surface area contributed by atoms with Crippen LogP contribution < -0.4 is 0 Å². The fraction of sp³-hybridized carbons (Fsp3) is 0.667. The minimum atomic E-state index is -3.76. The van der Waals surface area contributed by atoms with Crippen molar-refractivity contribution in [3.63, 3.8) is 0 Å². The van der Waals surface area contributed by atoms with Gasteiger partial charge in [-0.05, 0) is 31.4 Å². The lowest BCUT2D eigenvalue weighted by molar-refractivity contribution is 0.478. The number of unbranched alkanes of at least 4 members (excludes halogenated alkanes) is 5. The Kier molecular flexibility index (Phi) is 6.29. The largest absolute Gasteiger partial charge is 0.365 e. The molecule has 1 rings (SSSR count). The van der Waals surface area contributed by atoms with Crippen LogP contribution in [0.1, 0.15) is 44.2 Å². The molecule has 2 N–H and O–H groups in total. The molecule has 0 saturated carbocycles. The van der Waals surface area contributed by atoms with Gasteiger partial charge in [0.25, 0.3) is 10.1 Å². The number of hydrogen-bond donors (Lipinski definition) is 2. The van der Waals surface area contributed by atoms with Crippen LogP contribution in [0.3, 0.4) is 0 Å².